The van der Waals surface area contributed by atoms with Crippen molar-refractivity contribution in [2.24, 2.45) is 7.05 Å². The van der Waals surface area contributed by atoms with Crippen molar-refractivity contribution in [2.75, 3.05) is 12.4 Å². The highest BCUT2D eigenvalue weighted by Gasteiger charge is 2.40. The summed E-state index contributed by atoms with van der Waals surface area (Å²) in [5, 5.41) is 9.03. The standard InChI is InChI=1S/C17H12BrF6N5O2/c1-28-6-8(12(27-28)15(20)21)16(30)26-10-5-25-29(14(10)17(22,23)24)13-9(18)3-7(19)4-11(13)31-2/h3-6,15H,1-2H3,(H,26,30). The molecule has 166 valence electrons. The van der Waals surface area contributed by atoms with E-state index in [0.29, 0.717) is 10.9 Å². The maximum Gasteiger partial charge on any atom is 0.435 e. The van der Waals surface area contributed by atoms with Crippen LogP contribution in [0.3, 0.4) is 0 Å². The Hall–Kier alpha value is -3.03. The molecule has 0 radical (unpaired) electrons. The van der Waals surface area contributed by atoms with Crippen LogP contribution in [-0.2, 0) is 13.2 Å². The first-order valence-corrected chi connectivity index (χ1v) is 9.05. The van der Waals surface area contributed by atoms with Crippen molar-refractivity contribution in [1.82, 2.24) is 19.6 Å². The van der Waals surface area contributed by atoms with Gasteiger partial charge in [-0.15, -0.1) is 0 Å². The number of rotatable bonds is 5. The number of carbonyl (C=O) groups is 1. The molecule has 1 amide bonds. The number of anilines is 1. The summed E-state index contributed by atoms with van der Waals surface area (Å²) < 4.78 is 87.6. The molecule has 2 heterocycles. The number of hydrogen-bond acceptors (Lipinski definition) is 4. The van der Waals surface area contributed by atoms with Crippen LogP contribution >= 0.6 is 15.9 Å². The first kappa shape index (κ1) is 22.7. The molecular weight excluding hydrogens is 500 g/mol. The number of halogens is 7. The van der Waals surface area contributed by atoms with Gasteiger partial charge in [0.2, 0.25) is 0 Å². The van der Waals surface area contributed by atoms with Crippen molar-refractivity contribution in [3.05, 3.63) is 51.8 Å². The molecule has 1 N–H and O–H groups in total. The maximum absolute atomic E-state index is 13.9. The number of carbonyl (C=O) groups excluding carboxylic acids is 1. The Morgan fingerprint density at radius 1 is 1.29 bits per heavy atom. The van der Waals surface area contributed by atoms with Gasteiger partial charge in [-0.1, -0.05) is 0 Å². The smallest absolute Gasteiger partial charge is 0.435 e. The predicted molar refractivity (Wildman–Crippen MR) is 98.9 cm³/mol. The second-order valence-corrected chi connectivity index (χ2v) is 6.97. The zero-order valence-corrected chi connectivity index (χ0v) is 17.2. The van der Waals surface area contributed by atoms with Crippen molar-refractivity contribution in [3.8, 4) is 11.4 Å². The van der Waals surface area contributed by atoms with Crippen LogP contribution in [-0.4, -0.2) is 32.6 Å². The first-order valence-electron chi connectivity index (χ1n) is 8.25. The summed E-state index contributed by atoms with van der Waals surface area (Å²) in [5.41, 5.74) is -4.01. The van der Waals surface area contributed by atoms with E-state index in [4.69, 9.17) is 4.74 Å². The quantitative estimate of drug-likeness (QED) is 0.503. The number of alkyl halides is 5. The molecule has 0 aliphatic carbocycles. The number of nitrogens with zero attached hydrogens (tertiary/aromatic N) is 4. The number of aryl methyl sites for hydroxylation is 1. The fraction of sp³-hybridized carbons (Fsp3) is 0.235. The van der Waals surface area contributed by atoms with Gasteiger partial charge in [-0.3, -0.25) is 9.48 Å². The Kier molecular flexibility index (Phi) is 6.02. The van der Waals surface area contributed by atoms with Gasteiger partial charge in [0, 0.05) is 23.8 Å². The molecule has 0 bridgehead atoms. The average molecular weight is 512 g/mol. The number of benzene rings is 1. The van der Waals surface area contributed by atoms with Gasteiger partial charge in [0.15, 0.2) is 5.69 Å². The number of ether oxygens (including phenoxy) is 1. The molecule has 0 saturated carbocycles. The molecule has 31 heavy (non-hydrogen) atoms. The van der Waals surface area contributed by atoms with Gasteiger partial charge < -0.3 is 10.1 Å². The highest BCUT2D eigenvalue weighted by atomic mass is 79.9. The summed E-state index contributed by atoms with van der Waals surface area (Å²) >= 11 is 2.97. The molecular formula is C17H12BrF6N5O2. The SMILES string of the molecule is COc1cc(F)cc(Br)c1-n1ncc(NC(=O)c2cn(C)nc2C(F)F)c1C(F)(F)F. The van der Waals surface area contributed by atoms with Crippen LogP contribution in [0.4, 0.5) is 32.0 Å². The highest BCUT2D eigenvalue weighted by molar-refractivity contribution is 9.10. The van der Waals surface area contributed by atoms with E-state index in [0.717, 1.165) is 30.1 Å². The topological polar surface area (TPSA) is 74.0 Å². The van der Waals surface area contributed by atoms with E-state index in [-0.39, 0.29) is 15.9 Å². The molecule has 0 atom stereocenters. The number of methoxy groups -OCH3 is 1. The number of amides is 1. The number of aromatic nitrogens is 4. The van der Waals surface area contributed by atoms with Gasteiger partial charge in [-0.25, -0.2) is 17.9 Å². The molecule has 0 fully saturated rings. The molecule has 3 aromatic rings. The van der Waals surface area contributed by atoms with Crippen LogP contribution in [0.5, 0.6) is 5.75 Å². The van der Waals surface area contributed by atoms with Gasteiger partial charge in [-0.2, -0.15) is 23.4 Å². The minimum Gasteiger partial charge on any atom is -0.494 e. The van der Waals surface area contributed by atoms with Gasteiger partial charge in [0.1, 0.15) is 22.9 Å². The van der Waals surface area contributed by atoms with Crippen molar-refractivity contribution >= 4 is 27.5 Å². The zero-order valence-electron chi connectivity index (χ0n) is 15.6. The molecule has 3 rings (SSSR count). The van der Waals surface area contributed by atoms with Crippen LogP contribution in [0.15, 0.2) is 29.0 Å². The normalized spacial score (nSPS) is 11.8. The summed E-state index contributed by atoms with van der Waals surface area (Å²) in [4.78, 5) is 12.4. The first-order chi connectivity index (χ1) is 14.4. The molecule has 0 aliphatic heterocycles. The van der Waals surface area contributed by atoms with Crippen molar-refractivity contribution in [3.63, 3.8) is 0 Å². The second kappa shape index (κ2) is 8.24. The lowest BCUT2D eigenvalue weighted by Gasteiger charge is -2.16. The fourth-order valence-electron chi connectivity index (χ4n) is 2.82. The molecule has 0 saturated heterocycles. The van der Waals surface area contributed by atoms with Crippen LogP contribution < -0.4 is 10.1 Å². The lowest BCUT2D eigenvalue weighted by molar-refractivity contribution is -0.142. The Morgan fingerprint density at radius 3 is 2.55 bits per heavy atom. The molecule has 0 unspecified atom stereocenters. The van der Waals surface area contributed by atoms with Crippen molar-refractivity contribution in [2.45, 2.75) is 12.6 Å². The Bertz CT molecular complexity index is 1140. The highest BCUT2D eigenvalue weighted by Crippen LogP contribution is 2.40. The van der Waals surface area contributed by atoms with E-state index in [2.05, 4.69) is 26.1 Å². The van der Waals surface area contributed by atoms with E-state index in [1.807, 2.05) is 5.32 Å². The van der Waals surface area contributed by atoms with E-state index in [1.54, 1.807) is 0 Å². The zero-order chi connectivity index (χ0) is 23.1. The predicted octanol–water partition coefficient (Wildman–Crippen LogP) is 4.72. The monoisotopic (exact) mass is 511 g/mol. The summed E-state index contributed by atoms with van der Waals surface area (Å²) in [6.45, 7) is 0. The molecule has 7 nitrogen and oxygen atoms in total. The lowest BCUT2D eigenvalue weighted by Crippen LogP contribution is -2.20. The van der Waals surface area contributed by atoms with Gasteiger partial charge in [0.25, 0.3) is 12.3 Å². The summed E-state index contributed by atoms with van der Waals surface area (Å²) in [7, 11) is 2.40. The molecule has 14 heteroatoms. The van der Waals surface area contributed by atoms with Crippen LogP contribution in [0, 0.1) is 5.82 Å². The lowest BCUT2D eigenvalue weighted by atomic mass is 10.2. The minimum absolute atomic E-state index is 0.108. The molecule has 1 aromatic carbocycles. The third-order valence-electron chi connectivity index (χ3n) is 4.02. The van der Waals surface area contributed by atoms with E-state index in [1.165, 1.54) is 7.05 Å². The minimum atomic E-state index is -5.04. The largest absolute Gasteiger partial charge is 0.494 e. The Labute approximate surface area is 178 Å². The van der Waals surface area contributed by atoms with Crippen molar-refractivity contribution < 1.29 is 35.9 Å². The molecule has 0 aliphatic rings. The van der Waals surface area contributed by atoms with Gasteiger partial charge >= 0.3 is 6.18 Å². The Balaban J connectivity index is 2.12. The number of hydrogen-bond donors (Lipinski definition) is 1. The second-order valence-electron chi connectivity index (χ2n) is 6.11. The maximum atomic E-state index is 13.9. The number of nitrogens with one attached hydrogen (secondary N) is 1. The van der Waals surface area contributed by atoms with E-state index < -0.39 is 47.0 Å². The molecule has 0 spiro atoms. The summed E-state index contributed by atoms with van der Waals surface area (Å²) in [6.07, 6.45) is -6.52. The van der Waals surface area contributed by atoms with E-state index >= 15 is 0 Å². The van der Waals surface area contributed by atoms with Crippen LogP contribution in [0.25, 0.3) is 5.69 Å². The Morgan fingerprint density at radius 2 is 1.97 bits per heavy atom. The van der Waals surface area contributed by atoms with Gasteiger partial charge in [-0.05, 0) is 22.0 Å². The third-order valence-corrected chi connectivity index (χ3v) is 4.62. The fourth-order valence-corrected chi connectivity index (χ4v) is 3.40. The van der Waals surface area contributed by atoms with E-state index in [9.17, 15) is 31.1 Å². The average Bonchev–Trinajstić information content (AvgIpc) is 3.24. The molecule has 2 aromatic heterocycles. The summed E-state index contributed by atoms with van der Waals surface area (Å²) in [6, 6.07) is 1.76. The van der Waals surface area contributed by atoms with Crippen LogP contribution in [0.1, 0.15) is 28.2 Å². The van der Waals surface area contributed by atoms with Crippen LogP contribution in [0.2, 0.25) is 0 Å². The van der Waals surface area contributed by atoms with Gasteiger partial charge in [0.05, 0.1) is 24.6 Å². The van der Waals surface area contributed by atoms with Crippen molar-refractivity contribution in [1.29, 1.82) is 0 Å². The third kappa shape index (κ3) is 4.38. The summed E-state index contributed by atoms with van der Waals surface area (Å²) in [5.74, 6) is -2.29.